The zero-order chi connectivity index (χ0) is 10.7. The van der Waals surface area contributed by atoms with E-state index in [4.69, 9.17) is 0 Å². The van der Waals surface area contributed by atoms with Gasteiger partial charge in [-0.2, -0.15) is 0 Å². The minimum Gasteiger partial charge on any atom is -0.355 e. The van der Waals surface area contributed by atoms with Crippen LogP contribution in [-0.2, 0) is 4.79 Å². The van der Waals surface area contributed by atoms with Gasteiger partial charge < -0.3 is 10.6 Å². The van der Waals surface area contributed by atoms with E-state index in [1.54, 1.807) is 6.92 Å². The van der Waals surface area contributed by atoms with Gasteiger partial charge >= 0.3 is 0 Å². The summed E-state index contributed by atoms with van der Waals surface area (Å²) in [5.74, 6) is 0.917. The summed E-state index contributed by atoms with van der Waals surface area (Å²) in [7, 11) is 0. The van der Waals surface area contributed by atoms with E-state index in [1.807, 2.05) is 0 Å². The van der Waals surface area contributed by atoms with E-state index < -0.39 is 0 Å². The molecule has 2 aliphatic rings. The summed E-state index contributed by atoms with van der Waals surface area (Å²) < 4.78 is 0. The highest BCUT2D eigenvalue weighted by atomic mass is 16.1. The van der Waals surface area contributed by atoms with Gasteiger partial charge in [-0.05, 0) is 25.3 Å². The number of fused-ring (bicyclic) bond motifs is 1. The second-order valence-electron chi connectivity index (χ2n) is 4.71. The molecule has 2 N–H and O–H groups in total. The van der Waals surface area contributed by atoms with E-state index in [0.717, 1.165) is 25.6 Å². The minimum atomic E-state index is 0.0738. The standard InChI is InChI=1S/C11H21N3O/c1-9(15)12-5-6-14-7-10-3-2-4-13-11(10)8-14/h10-11,13H,2-8H2,1H3,(H,12,15). The molecule has 0 saturated carbocycles. The fourth-order valence-electron chi connectivity index (χ4n) is 2.71. The van der Waals surface area contributed by atoms with Gasteiger partial charge in [-0.1, -0.05) is 0 Å². The third-order valence-corrected chi connectivity index (χ3v) is 3.48. The maximum absolute atomic E-state index is 10.7. The molecule has 0 radical (unpaired) electrons. The van der Waals surface area contributed by atoms with Crippen LogP contribution in [-0.4, -0.2) is 49.6 Å². The molecule has 15 heavy (non-hydrogen) atoms. The van der Waals surface area contributed by atoms with Crippen LogP contribution in [0.2, 0.25) is 0 Å². The number of carbonyl (C=O) groups excluding carboxylic acids is 1. The Hall–Kier alpha value is -0.610. The van der Waals surface area contributed by atoms with Gasteiger partial charge in [0.05, 0.1) is 0 Å². The van der Waals surface area contributed by atoms with Crippen molar-refractivity contribution in [2.75, 3.05) is 32.7 Å². The van der Waals surface area contributed by atoms with Crippen molar-refractivity contribution in [3.63, 3.8) is 0 Å². The van der Waals surface area contributed by atoms with Crippen LogP contribution in [0.4, 0.5) is 0 Å². The number of rotatable bonds is 3. The second kappa shape index (κ2) is 4.94. The first-order chi connectivity index (χ1) is 7.25. The van der Waals surface area contributed by atoms with Gasteiger partial charge in [0.2, 0.25) is 5.91 Å². The molecule has 0 aliphatic carbocycles. The molecule has 0 spiro atoms. The molecule has 4 nitrogen and oxygen atoms in total. The van der Waals surface area contributed by atoms with Gasteiger partial charge in [0.25, 0.3) is 0 Å². The Labute approximate surface area is 91.4 Å². The average molecular weight is 211 g/mol. The molecule has 2 heterocycles. The van der Waals surface area contributed by atoms with Gasteiger partial charge in [-0.3, -0.25) is 9.69 Å². The molecule has 2 unspecified atom stereocenters. The summed E-state index contributed by atoms with van der Waals surface area (Å²) in [5, 5.41) is 6.43. The van der Waals surface area contributed by atoms with Gasteiger partial charge in [-0.15, -0.1) is 0 Å². The lowest BCUT2D eigenvalue weighted by molar-refractivity contribution is -0.119. The van der Waals surface area contributed by atoms with Crippen LogP contribution in [0.25, 0.3) is 0 Å². The Morgan fingerprint density at radius 1 is 1.53 bits per heavy atom. The van der Waals surface area contributed by atoms with Crippen LogP contribution in [0.15, 0.2) is 0 Å². The molecule has 86 valence electrons. The van der Waals surface area contributed by atoms with Crippen LogP contribution in [0, 0.1) is 5.92 Å². The highest BCUT2D eigenvalue weighted by Gasteiger charge is 2.33. The van der Waals surface area contributed by atoms with Gasteiger partial charge in [0, 0.05) is 39.1 Å². The lowest BCUT2D eigenvalue weighted by Crippen LogP contribution is -2.41. The van der Waals surface area contributed by atoms with Crippen molar-refractivity contribution >= 4 is 5.91 Å². The normalized spacial score (nSPS) is 31.3. The molecule has 2 fully saturated rings. The van der Waals surface area contributed by atoms with Crippen molar-refractivity contribution in [2.45, 2.75) is 25.8 Å². The molecule has 2 aliphatic heterocycles. The summed E-state index contributed by atoms with van der Waals surface area (Å²) in [6.07, 6.45) is 2.69. The fourth-order valence-corrected chi connectivity index (χ4v) is 2.71. The van der Waals surface area contributed by atoms with Crippen molar-refractivity contribution in [3.8, 4) is 0 Å². The van der Waals surface area contributed by atoms with Crippen LogP contribution in [0.5, 0.6) is 0 Å². The van der Waals surface area contributed by atoms with Gasteiger partial charge in [0.1, 0.15) is 0 Å². The molecule has 2 atom stereocenters. The van der Waals surface area contributed by atoms with Crippen molar-refractivity contribution in [3.05, 3.63) is 0 Å². The molecule has 0 aromatic rings. The van der Waals surface area contributed by atoms with Crippen molar-refractivity contribution in [1.29, 1.82) is 0 Å². The number of nitrogens with one attached hydrogen (secondary N) is 2. The van der Waals surface area contributed by atoms with E-state index in [9.17, 15) is 4.79 Å². The van der Waals surface area contributed by atoms with E-state index in [0.29, 0.717) is 6.04 Å². The summed E-state index contributed by atoms with van der Waals surface area (Å²) >= 11 is 0. The first-order valence-corrected chi connectivity index (χ1v) is 5.96. The summed E-state index contributed by atoms with van der Waals surface area (Å²) in [6.45, 7) is 6.90. The largest absolute Gasteiger partial charge is 0.355 e. The zero-order valence-electron chi connectivity index (χ0n) is 9.46. The van der Waals surface area contributed by atoms with Gasteiger partial charge in [-0.25, -0.2) is 0 Å². The Morgan fingerprint density at radius 2 is 2.40 bits per heavy atom. The summed E-state index contributed by atoms with van der Waals surface area (Å²) in [6, 6.07) is 0.705. The van der Waals surface area contributed by atoms with Crippen LogP contribution in [0.1, 0.15) is 19.8 Å². The predicted molar refractivity (Wildman–Crippen MR) is 59.6 cm³/mol. The molecule has 2 rings (SSSR count). The number of piperidine rings is 1. The maximum atomic E-state index is 10.7. The smallest absolute Gasteiger partial charge is 0.216 e. The van der Waals surface area contributed by atoms with Crippen molar-refractivity contribution in [2.24, 2.45) is 5.92 Å². The Morgan fingerprint density at radius 3 is 3.13 bits per heavy atom. The molecule has 0 bridgehead atoms. The number of likely N-dealkylation sites (tertiary alicyclic amines) is 1. The first-order valence-electron chi connectivity index (χ1n) is 5.96. The topological polar surface area (TPSA) is 44.4 Å². The first kappa shape index (κ1) is 10.9. The van der Waals surface area contributed by atoms with Crippen LogP contribution in [0.3, 0.4) is 0 Å². The minimum absolute atomic E-state index is 0.0738. The molecular formula is C11H21N3O. The molecule has 1 amide bonds. The van der Waals surface area contributed by atoms with Crippen molar-refractivity contribution in [1.82, 2.24) is 15.5 Å². The lowest BCUT2D eigenvalue weighted by atomic mass is 9.94. The van der Waals surface area contributed by atoms with E-state index in [2.05, 4.69) is 15.5 Å². The van der Waals surface area contributed by atoms with E-state index in [-0.39, 0.29) is 5.91 Å². The molecular weight excluding hydrogens is 190 g/mol. The van der Waals surface area contributed by atoms with Crippen LogP contribution >= 0.6 is 0 Å². The predicted octanol–water partition coefficient (Wildman–Crippen LogP) is -0.194. The van der Waals surface area contributed by atoms with Crippen molar-refractivity contribution < 1.29 is 4.79 Å². The SMILES string of the molecule is CC(=O)NCCN1CC2CCCNC2C1. The third kappa shape index (κ3) is 2.92. The van der Waals surface area contributed by atoms with E-state index >= 15 is 0 Å². The monoisotopic (exact) mass is 211 g/mol. The highest BCUT2D eigenvalue weighted by Crippen LogP contribution is 2.24. The Balaban J connectivity index is 1.69. The number of nitrogens with zero attached hydrogens (tertiary/aromatic N) is 1. The average Bonchev–Trinajstić information content (AvgIpc) is 2.59. The molecule has 4 heteroatoms. The third-order valence-electron chi connectivity index (χ3n) is 3.48. The summed E-state index contributed by atoms with van der Waals surface area (Å²) in [5.41, 5.74) is 0. The zero-order valence-corrected chi connectivity index (χ0v) is 9.46. The fraction of sp³-hybridized carbons (Fsp3) is 0.909. The number of carbonyl (C=O) groups is 1. The number of amides is 1. The Bertz CT molecular complexity index is 218. The Kier molecular flexibility index (Phi) is 3.59. The van der Waals surface area contributed by atoms with E-state index in [1.165, 1.54) is 25.9 Å². The number of hydrogen-bond donors (Lipinski definition) is 2. The van der Waals surface area contributed by atoms with Gasteiger partial charge in [0.15, 0.2) is 0 Å². The number of hydrogen-bond acceptors (Lipinski definition) is 3. The molecule has 0 aromatic heterocycles. The lowest BCUT2D eigenvalue weighted by Gasteiger charge is -2.24. The second-order valence-corrected chi connectivity index (χ2v) is 4.71. The molecule has 2 saturated heterocycles. The highest BCUT2D eigenvalue weighted by molar-refractivity contribution is 5.72. The molecule has 0 aromatic carbocycles. The quantitative estimate of drug-likeness (QED) is 0.680. The van der Waals surface area contributed by atoms with Crippen LogP contribution < -0.4 is 10.6 Å². The maximum Gasteiger partial charge on any atom is 0.216 e. The summed E-state index contributed by atoms with van der Waals surface area (Å²) in [4.78, 5) is 13.2.